The van der Waals surface area contributed by atoms with Gasteiger partial charge in [0.15, 0.2) is 5.76 Å². The lowest BCUT2D eigenvalue weighted by Crippen LogP contribution is -2.26. The Balaban J connectivity index is 1.16. The minimum absolute atomic E-state index is 0.0169. The van der Waals surface area contributed by atoms with E-state index in [2.05, 4.69) is 10.3 Å². The molecule has 0 radical (unpaired) electrons. The van der Waals surface area contributed by atoms with Gasteiger partial charge in [-0.3, -0.25) is 4.79 Å². The van der Waals surface area contributed by atoms with E-state index in [0.29, 0.717) is 55.9 Å². The Morgan fingerprint density at radius 2 is 1.36 bits per heavy atom. The normalized spacial score (nSPS) is 18.2. The molecule has 0 bridgehead atoms. The quantitative estimate of drug-likeness (QED) is 0.170. The van der Waals surface area contributed by atoms with Gasteiger partial charge in [0.05, 0.1) is 29.8 Å². The zero-order valence-corrected chi connectivity index (χ0v) is 26.0. The number of benzene rings is 4. The highest BCUT2D eigenvalue weighted by molar-refractivity contribution is 6.31. The minimum Gasteiger partial charge on any atom is -0.480 e. The molecule has 1 fully saturated rings. The summed E-state index contributed by atoms with van der Waals surface area (Å²) in [6.07, 6.45) is 2.86. The molecular formula is C35H26Cl3N3O4. The molecule has 0 aliphatic carbocycles. The van der Waals surface area contributed by atoms with Crippen LogP contribution in [0.3, 0.4) is 0 Å². The second kappa shape index (κ2) is 12.7. The molecule has 10 heteroatoms. The Morgan fingerprint density at radius 1 is 0.778 bits per heavy atom. The predicted octanol–water partition coefficient (Wildman–Crippen LogP) is 9.42. The van der Waals surface area contributed by atoms with E-state index in [1.165, 1.54) is 0 Å². The van der Waals surface area contributed by atoms with Crippen LogP contribution in [0, 0.1) is 0 Å². The van der Waals surface area contributed by atoms with Gasteiger partial charge in [-0.15, -0.1) is 5.10 Å². The van der Waals surface area contributed by atoms with Crippen molar-refractivity contribution in [3.8, 4) is 17.1 Å². The number of rotatable bonds is 7. The smallest absolute Gasteiger partial charge is 0.235 e. The number of para-hydroxylation sites is 1. The van der Waals surface area contributed by atoms with Gasteiger partial charge in [-0.05, 0) is 71.8 Å². The third-order valence-electron chi connectivity index (χ3n) is 7.94. The van der Waals surface area contributed by atoms with Crippen molar-refractivity contribution in [1.82, 2.24) is 15.0 Å². The molecule has 2 unspecified atom stereocenters. The van der Waals surface area contributed by atoms with Gasteiger partial charge in [-0.25, -0.2) is 4.68 Å². The fourth-order valence-corrected chi connectivity index (χ4v) is 6.03. The van der Waals surface area contributed by atoms with Gasteiger partial charge in [0.2, 0.25) is 11.2 Å². The van der Waals surface area contributed by atoms with Gasteiger partial charge in [0, 0.05) is 33.5 Å². The van der Waals surface area contributed by atoms with Crippen molar-refractivity contribution in [3.63, 3.8) is 0 Å². The molecule has 1 aliphatic rings. The Hall–Kier alpha value is -4.14. The molecule has 2 aromatic heterocycles. The second-order valence-electron chi connectivity index (χ2n) is 10.9. The lowest BCUT2D eigenvalue weighted by molar-refractivity contribution is -0.0741. The third kappa shape index (κ3) is 6.35. The summed E-state index contributed by atoms with van der Waals surface area (Å²) in [5.41, 5.74) is 3.51. The molecule has 3 heterocycles. The van der Waals surface area contributed by atoms with Crippen molar-refractivity contribution >= 4 is 45.8 Å². The summed E-state index contributed by atoms with van der Waals surface area (Å²) in [6, 6.07) is 29.6. The van der Waals surface area contributed by atoms with Crippen LogP contribution in [0.25, 0.3) is 22.3 Å². The first-order valence-corrected chi connectivity index (χ1v) is 15.6. The SMILES string of the molecule is O=c1c(OCc2cn(C3CC(c4ccc(Cl)cc4)OC(c4ccc(Cl)cc4)C3)nn2)c(-c2ccc(Cl)cc2)oc2ccccc12. The van der Waals surface area contributed by atoms with Crippen molar-refractivity contribution < 1.29 is 13.9 Å². The number of ether oxygens (including phenoxy) is 2. The topological polar surface area (TPSA) is 79.4 Å². The van der Waals surface area contributed by atoms with E-state index in [4.69, 9.17) is 48.7 Å². The molecule has 7 nitrogen and oxygen atoms in total. The maximum absolute atomic E-state index is 13.6. The van der Waals surface area contributed by atoms with Gasteiger partial charge in [0.25, 0.3) is 0 Å². The Morgan fingerprint density at radius 3 is 1.98 bits per heavy atom. The molecule has 226 valence electrons. The van der Waals surface area contributed by atoms with E-state index < -0.39 is 0 Å². The third-order valence-corrected chi connectivity index (χ3v) is 8.70. The molecule has 0 saturated carbocycles. The zero-order chi connectivity index (χ0) is 30.9. The van der Waals surface area contributed by atoms with Gasteiger partial charge in [0.1, 0.15) is 17.9 Å². The van der Waals surface area contributed by atoms with E-state index in [0.717, 1.165) is 11.1 Å². The molecule has 1 aliphatic heterocycles. The summed E-state index contributed by atoms with van der Waals surface area (Å²) >= 11 is 18.4. The molecule has 2 atom stereocenters. The summed E-state index contributed by atoms with van der Waals surface area (Å²) in [4.78, 5) is 13.6. The van der Waals surface area contributed by atoms with E-state index in [1.54, 1.807) is 42.5 Å². The molecule has 7 rings (SSSR count). The van der Waals surface area contributed by atoms with Crippen LogP contribution in [0.5, 0.6) is 5.75 Å². The van der Waals surface area contributed by atoms with Crippen LogP contribution >= 0.6 is 34.8 Å². The lowest BCUT2D eigenvalue weighted by Gasteiger charge is -2.36. The maximum atomic E-state index is 13.6. The van der Waals surface area contributed by atoms with Crippen molar-refractivity contribution in [2.75, 3.05) is 0 Å². The standard InChI is InChI=1S/C35H26Cl3N3O4/c36-24-11-5-21(6-12-24)31-17-28(18-32(44-31)22-7-13-25(37)14-8-22)41-19-27(39-40-41)20-43-35-33(42)29-3-1-2-4-30(29)45-34(35)23-9-15-26(38)16-10-23/h1-16,19,28,31-32H,17-18,20H2. The Labute approximate surface area is 273 Å². The van der Waals surface area contributed by atoms with Crippen LogP contribution < -0.4 is 10.2 Å². The summed E-state index contributed by atoms with van der Waals surface area (Å²) in [5, 5.41) is 11.2. The number of halogens is 3. The molecule has 6 aromatic rings. The van der Waals surface area contributed by atoms with Gasteiger partial charge < -0.3 is 13.9 Å². The van der Waals surface area contributed by atoms with Crippen LogP contribution in [0.1, 0.15) is 47.9 Å². The Kier molecular flexibility index (Phi) is 8.34. The van der Waals surface area contributed by atoms with E-state index in [1.807, 2.05) is 65.5 Å². The fourth-order valence-electron chi connectivity index (χ4n) is 5.65. The highest BCUT2D eigenvalue weighted by Gasteiger charge is 2.33. The van der Waals surface area contributed by atoms with E-state index >= 15 is 0 Å². The van der Waals surface area contributed by atoms with Crippen molar-refractivity contribution in [2.24, 2.45) is 0 Å². The Bertz CT molecular complexity index is 1960. The van der Waals surface area contributed by atoms with Crippen LogP contribution in [0.4, 0.5) is 0 Å². The van der Waals surface area contributed by atoms with Gasteiger partial charge >= 0.3 is 0 Å². The number of nitrogens with zero attached hydrogens (tertiary/aromatic N) is 3. The van der Waals surface area contributed by atoms with Gasteiger partial charge in [-0.1, -0.05) is 76.4 Å². The molecule has 0 amide bonds. The second-order valence-corrected chi connectivity index (χ2v) is 12.2. The summed E-state index contributed by atoms with van der Waals surface area (Å²) in [7, 11) is 0. The number of hydrogen-bond acceptors (Lipinski definition) is 6. The number of fused-ring (bicyclic) bond motifs is 1. The highest BCUT2D eigenvalue weighted by atomic mass is 35.5. The summed E-state index contributed by atoms with van der Waals surface area (Å²) in [6.45, 7) is 0.0220. The van der Waals surface area contributed by atoms with Crippen molar-refractivity contribution in [1.29, 1.82) is 0 Å². The molecule has 45 heavy (non-hydrogen) atoms. The van der Waals surface area contributed by atoms with Crippen LogP contribution in [0.15, 0.2) is 112 Å². The van der Waals surface area contributed by atoms with Crippen molar-refractivity contribution in [3.05, 3.63) is 145 Å². The summed E-state index contributed by atoms with van der Waals surface area (Å²) in [5.74, 6) is 0.422. The maximum Gasteiger partial charge on any atom is 0.235 e. The van der Waals surface area contributed by atoms with E-state index in [9.17, 15) is 4.79 Å². The van der Waals surface area contributed by atoms with E-state index in [-0.39, 0.29) is 36.0 Å². The first-order valence-electron chi connectivity index (χ1n) is 14.4. The largest absolute Gasteiger partial charge is 0.480 e. The fraction of sp³-hybridized carbons (Fsp3) is 0.171. The monoisotopic (exact) mass is 657 g/mol. The molecule has 1 saturated heterocycles. The first kappa shape index (κ1) is 29.6. The number of hydrogen-bond donors (Lipinski definition) is 0. The predicted molar refractivity (Wildman–Crippen MR) is 175 cm³/mol. The molecule has 0 N–H and O–H groups in total. The minimum atomic E-state index is -0.268. The lowest BCUT2D eigenvalue weighted by atomic mass is 9.91. The summed E-state index contributed by atoms with van der Waals surface area (Å²) < 4.78 is 20.8. The highest BCUT2D eigenvalue weighted by Crippen LogP contribution is 2.44. The first-order chi connectivity index (χ1) is 21.9. The average Bonchev–Trinajstić information content (AvgIpc) is 3.54. The van der Waals surface area contributed by atoms with Crippen LogP contribution in [-0.4, -0.2) is 15.0 Å². The number of aromatic nitrogens is 3. The molecule has 4 aromatic carbocycles. The molecule has 0 spiro atoms. The van der Waals surface area contributed by atoms with Crippen molar-refractivity contribution in [2.45, 2.75) is 37.7 Å². The zero-order valence-electron chi connectivity index (χ0n) is 23.8. The van der Waals surface area contributed by atoms with Gasteiger partial charge in [-0.2, -0.15) is 0 Å². The van der Waals surface area contributed by atoms with Crippen LogP contribution in [-0.2, 0) is 11.3 Å². The average molecular weight is 659 g/mol. The van der Waals surface area contributed by atoms with Crippen LogP contribution in [0.2, 0.25) is 15.1 Å². The molecular weight excluding hydrogens is 633 g/mol.